The molecule has 0 spiro atoms. The number of piperidine rings is 1. The smallest absolute Gasteiger partial charge is 0.0724 e. The van der Waals surface area contributed by atoms with Gasteiger partial charge in [0, 0.05) is 36.5 Å². The van der Waals surface area contributed by atoms with E-state index in [0.29, 0.717) is 12.0 Å². The van der Waals surface area contributed by atoms with E-state index in [-0.39, 0.29) is 0 Å². The first-order valence-electron chi connectivity index (χ1n) is 8.18. The summed E-state index contributed by atoms with van der Waals surface area (Å²) in [5, 5.41) is 3.49. The number of likely N-dealkylation sites (tertiary alicyclic amines) is 1. The zero-order valence-electron chi connectivity index (χ0n) is 13.9. The Hall–Kier alpha value is -0.420. The Morgan fingerprint density at radius 3 is 3.00 bits per heavy atom. The highest BCUT2D eigenvalue weighted by Gasteiger charge is 2.26. The lowest BCUT2D eigenvalue weighted by Gasteiger charge is -2.36. The van der Waals surface area contributed by atoms with E-state index in [4.69, 9.17) is 4.74 Å². The third kappa shape index (κ3) is 4.78. The molecule has 4 heteroatoms. The van der Waals surface area contributed by atoms with Gasteiger partial charge in [-0.1, -0.05) is 13.8 Å². The van der Waals surface area contributed by atoms with Gasteiger partial charge in [0.1, 0.15) is 0 Å². The maximum atomic E-state index is 5.62. The normalized spacial score (nSPS) is 23.6. The molecule has 0 saturated carbocycles. The number of hydrogen-bond donors (Lipinski definition) is 1. The molecule has 1 aromatic rings. The molecule has 2 rings (SSSR count). The quantitative estimate of drug-likeness (QED) is 0.781. The van der Waals surface area contributed by atoms with Crippen LogP contribution in [0.3, 0.4) is 0 Å². The van der Waals surface area contributed by atoms with E-state index in [2.05, 4.69) is 37.1 Å². The minimum Gasteiger partial charge on any atom is -0.380 e. The van der Waals surface area contributed by atoms with Crippen LogP contribution in [0.2, 0.25) is 0 Å². The lowest BCUT2D eigenvalue weighted by atomic mass is 9.95. The van der Waals surface area contributed by atoms with Gasteiger partial charge in [0.15, 0.2) is 0 Å². The van der Waals surface area contributed by atoms with Crippen molar-refractivity contribution in [1.29, 1.82) is 0 Å². The van der Waals surface area contributed by atoms with Crippen LogP contribution >= 0.6 is 11.3 Å². The Labute approximate surface area is 133 Å². The van der Waals surface area contributed by atoms with Crippen molar-refractivity contribution < 1.29 is 4.74 Å². The minimum absolute atomic E-state index is 0.392. The second kappa shape index (κ2) is 8.28. The number of hydrogen-bond acceptors (Lipinski definition) is 4. The Kier molecular flexibility index (Phi) is 6.68. The van der Waals surface area contributed by atoms with Gasteiger partial charge in [0.05, 0.1) is 6.10 Å². The van der Waals surface area contributed by atoms with Crippen LogP contribution in [0.25, 0.3) is 0 Å². The molecule has 1 aromatic heterocycles. The van der Waals surface area contributed by atoms with E-state index >= 15 is 0 Å². The highest BCUT2D eigenvalue weighted by atomic mass is 32.1. The number of nitrogens with zero attached hydrogens (tertiary/aromatic N) is 1. The fourth-order valence-electron chi connectivity index (χ4n) is 3.01. The van der Waals surface area contributed by atoms with Crippen molar-refractivity contribution in [2.75, 3.05) is 26.7 Å². The molecule has 2 heterocycles. The number of rotatable bonds is 7. The lowest BCUT2D eigenvalue weighted by Crippen LogP contribution is -2.43. The fraction of sp³-hybridized carbons (Fsp3) is 0.765. The Bertz CT molecular complexity index is 432. The van der Waals surface area contributed by atoms with Crippen molar-refractivity contribution in [2.45, 2.75) is 52.8 Å². The first kappa shape index (κ1) is 16.9. The molecule has 1 aliphatic heterocycles. The van der Waals surface area contributed by atoms with Crippen LogP contribution in [0.4, 0.5) is 0 Å². The summed E-state index contributed by atoms with van der Waals surface area (Å²) in [6, 6.07) is 2.39. The number of aryl methyl sites for hydroxylation is 1. The van der Waals surface area contributed by atoms with E-state index in [1.54, 1.807) is 0 Å². The molecule has 0 aromatic carbocycles. The van der Waals surface area contributed by atoms with Crippen LogP contribution in [0.1, 0.15) is 42.0 Å². The summed E-state index contributed by atoms with van der Waals surface area (Å²) in [5.74, 6) is 0.684. The molecule has 2 unspecified atom stereocenters. The zero-order valence-corrected chi connectivity index (χ0v) is 14.8. The second-order valence-electron chi connectivity index (χ2n) is 6.25. The number of nitrogens with one attached hydrogen (secondary N) is 1. The van der Waals surface area contributed by atoms with Gasteiger partial charge in [-0.3, -0.25) is 4.90 Å². The highest BCUT2D eigenvalue weighted by molar-refractivity contribution is 7.12. The van der Waals surface area contributed by atoms with E-state index < -0.39 is 0 Å². The molecule has 1 aliphatic rings. The molecule has 0 amide bonds. The Balaban J connectivity index is 1.90. The maximum Gasteiger partial charge on any atom is 0.0724 e. The van der Waals surface area contributed by atoms with Gasteiger partial charge < -0.3 is 10.1 Å². The maximum absolute atomic E-state index is 5.62. The van der Waals surface area contributed by atoms with Crippen LogP contribution < -0.4 is 5.32 Å². The van der Waals surface area contributed by atoms with Gasteiger partial charge in [0.2, 0.25) is 0 Å². The monoisotopic (exact) mass is 310 g/mol. The first-order valence-corrected chi connectivity index (χ1v) is 8.99. The molecule has 0 aliphatic carbocycles. The standard InChI is InChI=1S/C17H30N2OS/c1-5-7-18-10-16-9-15(14(3)21-16)11-19-8-6-13(2)17(12-19)20-4/h9,13,17-18H,5-8,10-12H2,1-4H3. The molecule has 1 fully saturated rings. The molecule has 0 radical (unpaired) electrons. The predicted octanol–water partition coefficient (Wildman–Crippen LogP) is 3.41. The largest absolute Gasteiger partial charge is 0.380 e. The summed E-state index contributed by atoms with van der Waals surface area (Å²) in [6.45, 7) is 12.2. The third-order valence-electron chi connectivity index (χ3n) is 4.47. The van der Waals surface area contributed by atoms with E-state index in [0.717, 1.165) is 26.2 Å². The average Bonchev–Trinajstić information content (AvgIpc) is 2.81. The van der Waals surface area contributed by atoms with Gasteiger partial charge in [-0.15, -0.1) is 11.3 Å². The SMILES string of the molecule is CCCNCc1cc(CN2CCC(C)C(OC)C2)c(C)s1. The summed E-state index contributed by atoms with van der Waals surface area (Å²) in [4.78, 5) is 5.48. The van der Waals surface area contributed by atoms with Crippen LogP contribution in [0.5, 0.6) is 0 Å². The summed E-state index contributed by atoms with van der Waals surface area (Å²) < 4.78 is 5.62. The van der Waals surface area contributed by atoms with E-state index in [9.17, 15) is 0 Å². The van der Waals surface area contributed by atoms with Crippen molar-refractivity contribution >= 4 is 11.3 Å². The van der Waals surface area contributed by atoms with Crippen molar-refractivity contribution in [2.24, 2.45) is 5.92 Å². The first-order chi connectivity index (χ1) is 10.1. The minimum atomic E-state index is 0.392. The van der Waals surface area contributed by atoms with Crippen LogP contribution in [0.15, 0.2) is 6.07 Å². The van der Waals surface area contributed by atoms with E-state index in [1.165, 1.54) is 34.7 Å². The van der Waals surface area contributed by atoms with Crippen LogP contribution in [0, 0.1) is 12.8 Å². The molecular weight excluding hydrogens is 280 g/mol. The molecule has 1 saturated heterocycles. The Morgan fingerprint density at radius 2 is 2.29 bits per heavy atom. The molecular formula is C17H30N2OS. The summed E-state index contributed by atoms with van der Waals surface area (Å²) in [5.41, 5.74) is 1.50. The van der Waals surface area contributed by atoms with Gasteiger partial charge in [-0.05, 0) is 50.4 Å². The van der Waals surface area contributed by atoms with E-state index in [1.807, 2.05) is 18.4 Å². The topological polar surface area (TPSA) is 24.5 Å². The molecule has 1 N–H and O–H groups in total. The van der Waals surface area contributed by atoms with Crippen molar-refractivity contribution in [3.05, 3.63) is 21.4 Å². The molecule has 21 heavy (non-hydrogen) atoms. The molecule has 120 valence electrons. The number of ether oxygens (including phenoxy) is 1. The zero-order chi connectivity index (χ0) is 15.2. The number of methoxy groups -OCH3 is 1. The van der Waals surface area contributed by atoms with Crippen LogP contribution in [-0.4, -0.2) is 37.7 Å². The van der Waals surface area contributed by atoms with Gasteiger partial charge in [0.25, 0.3) is 0 Å². The van der Waals surface area contributed by atoms with Crippen LogP contribution in [-0.2, 0) is 17.8 Å². The Morgan fingerprint density at radius 1 is 1.48 bits per heavy atom. The lowest BCUT2D eigenvalue weighted by molar-refractivity contribution is -0.00746. The summed E-state index contributed by atoms with van der Waals surface area (Å²) in [7, 11) is 1.85. The third-order valence-corrected chi connectivity index (χ3v) is 5.56. The second-order valence-corrected chi connectivity index (χ2v) is 7.59. The van der Waals surface area contributed by atoms with Gasteiger partial charge in [-0.2, -0.15) is 0 Å². The summed E-state index contributed by atoms with van der Waals surface area (Å²) >= 11 is 1.94. The van der Waals surface area contributed by atoms with Gasteiger partial charge in [-0.25, -0.2) is 0 Å². The molecule has 0 bridgehead atoms. The molecule has 3 nitrogen and oxygen atoms in total. The summed E-state index contributed by atoms with van der Waals surface area (Å²) in [6.07, 6.45) is 2.83. The average molecular weight is 311 g/mol. The van der Waals surface area contributed by atoms with Crippen molar-refractivity contribution in [3.8, 4) is 0 Å². The highest BCUT2D eigenvalue weighted by Crippen LogP contribution is 2.26. The molecule has 2 atom stereocenters. The van der Waals surface area contributed by atoms with Crippen molar-refractivity contribution in [1.82, 2.24) is 10.2 Å². The number of thiophene rings is 1. The van der Waals surface area contributed by atoms with Crippen molar-refractivity contribution in [3.63, 3.8) is 0 Å². The predicted molar refractivity (Wildman–Crippen MR) is 90.9 cm³/mol. The van der Waals surface area contributed by atoms with Gasteiger partial charge >= 0.3 is 0 Å². The fourth-order valence-corrected chi connectivity index (χ4v) is 4.03.